The van der Waals surface area contributed by atoms with E-state index < -0.39 is 5.91 Å². The number of hydrogen-bond acceptors (Lipinski definition) is 4. The fourth-order valence-corrected chi connectivity index (χ4v) is 3.07. The number of nitrogens with two attached hydrogens (primary N) is 1. The molecule has 7 heteroatoms. The minimum Gasteiger partial charge on any atom is -0.457 e. The molecular formula is C22H24N4O3. The van der Waals surface area contributed by atoms with Crippen molar-refractivity contribution in [2.45, 2.75) is 26.2 Å². The van der Waals surface area contributed by atoms with Crippen molar-refractivity contribution in [1.29, 1.82) is 0 Å². The standard InChI is InChI=1S/C22H24N4O3/c1-3-7-18-20(21(22(23)28)26(2)25-18)24-19(27)14-15-10-12-17(13-11-15)29-16-8-5-4-6-9-16/h4-6,8-13H,3,7,14H2,1-2H3,(H2,23,28)(H,24,27). The zero-order valence-electron chi connectivity index (χ0n) is 16.5. The smallest absolute Gasteiger partial charge is 0.269 e. The van der Waals surface area contributed by atoms with E-state index in [1.807, 2.05) is 61.5 Å². The van der Waals surface area contributed by atoms with Crippen molar-refractivity contribution < 1.29 is 14.3 Å². The Bertz CT molecular complexity index is 995. The summed E-state index contributed by atoms with van der Waals surface area (Å²) in [6.07, 6.45) is 1.63. The number of nitrogens with one attached hydrogen (secondary N) is 1. The summed E-state index contributed by atoms with van der Waals surface area (Å²) < 4.78 is 7.17. The second-order valence-corrected chi connectivity index (χ2v) is 6.69. The lowest BCUT2D eigenvalue weighted by Gasteiger charge is -2.09. The molecule has 0 aliphatic heterocycles. The van der Waals surface area contributed by atoms with Gasteiger partial charge in [-0.05, 0) is 36.2 Å². The van der Waals surface area contributed by atoms with Crippen LogP contribution < -0.4 is 15.8 Å². The average molecular weight is 392 g/mol. The maximum absolute atomic E-state index is 12.6. The molecule has 2 aromatic carbocycles. The first kappa shape index (κ1) is 20.1. The number of primary amides is 1. The van der Waals surface area contributed by atoms with Crippen LogP contribution in [-0.2, 0) is 24.7 Å². The number of rotatable bonds is 8. The van der Waals surface area contributed by atoms with Crippen molar-refractivity contribution in [2.24, 2.45) is 12.8 Å². The molecule has 0 fully saturated rings. The average Bonchev–Trinajstić information content (AvgIpc) is 2.99. The van der Waals surface area contributed by atoms with Gasteiger partial charge in [0.15, 0.2) is 0 Å². The van der Waals surface area contributed by atoms with Crippen LogP contribution in [0.1, 0.15) is 35.1 Å². The summed E-state index contributed by atoms with van der Waals surface area (Å²) in [6, 6.07) is 16.8. The van der Waals surface area contributed by atoms with Crippen LogP contribution in [0.2, 0.25) is 0 Å². The van der Waals surface area contributed by atoms with Crippen LogP contribution in [-0.4, -0.2) is 21.6 Å². The van der Waals surface area contributed by atoms with Crippen LogP contribution in [0.4, 0.5) is 5.69 Å². The molecule has 0 saturated heterocycles. The molecule has 3 N–H and O–H groups in total. The second kappa shape index (κ2) is 9.05. The number of ether oxygens (including phenoxy) is 1. The summed E-state index contributed by atoms with van der Waals surface area (Å²) in [4.78, 5) is 24.4. The van der Waals surface area contributed by atoms with Gasteiger partial charge in [-0.2, -0.15) is 5.10 Å². The molecular weight excluding hydrogens is 368 g/mol. The lowest BCUT2D eigenvalue weighted by Crippen LogP contribution is -2.21. The molecule has 2 amide bonds. The van der Waals surface area contributed by atoms with Crippen molar-refractivity contribution >= 4 is 17.5 Å². The van der Waals surface area contributed by atoms with Gasteiger partial charge in [0.1, 0.15) is 17.2 Å². The molecule has 0 saturated carbocycles. The Balaban J connectivity index is 1.69. The van der Waals surface area contributed by atoms with Gasteiger partial charge in [-0.25, -0.2) is 0 Å². The van der Waals surface area contributed by atoms with Crippen LogP contribution >= 0.6 is 0 Å². The quantitative estimate of drug-likeness (QED) is 0.613. The number of amides is 2. The van der Waals surface area contributed by atoms with Crippen LogP contribution in [0.3, 0.4) is 0 Å². The third kappa shape index (κ3) is 5.01. The van der Waals surface area contributed by atoms with Crippen LogP contribution in [0.15, 0.2) is 54.6 Å². The van der Waals surface area contributed by atoms with Crippen molar-refractivity contribution in [3.8, 4) is 11.5 Å². The van der Waals surface area contributed by atoms with Gasteiger partial charge in [0.2, 0.25) is 5.91 Å². The number of carbonyl (C=O) groups is 2. The van der Waals surface area contributed by atoms with Gasteiger partial charge in [0.05, 0.1) is 17.8 Å². The Labute approximate surface area is 169 Å². The first-order valence-corrected chi connectivity index (χ1v) is 9.45. The minimum atomic E-state index is -0.625. The van der Waals surface area contributed by atoms with Crippen LogP contribution in [0.5, 0.6) is 11.5 Å². The van der Waals surface area contributed by atoms with Crippen molar-refractivity contribution in [3.05, 3.63) is 71.5 Å². The molecule has 3 rings (SSSR count). The number of para-hydroxylation sites is 1. The molecule has 0 bridgehead atoms. The Kier molecular flexibility index (Phi) is 6.29. The zero-order chi connectivity index (χ0) is 20.8. The van der Waals surface area contributed by atoms with E-state index in [1.165, 1.54) is 4.68 Å². The predicted octanol–water partition coefficient (Wildman–Crippen LogP) is 3.45. The van der Waals surface area contributed by atoms with E-state index in [4.69, 9.17) is 10.5 Å². The third-order valence-electron chi connectivity index (χ3n) is 4.37. The first-order chi connectivity index (χ1) is 14.0. The summed E-state index contributed by atoms with van der Waals surface area (Å²) in [5, 5.41) is 7.13. The fourth-order valence-electron chi connectivity index (χ4n) is 3.07. The van der Waals surface area contributed by atoms with Crippen molar-refractivity contribution in [2.75, 3.05) is 5.32 Å². The first-order valence-electron chi connectivity index (χ1n) is 9.45. The van der Waals surface area contributed by atoms with Gasteiger partial charge >= 0.3 is 0 Å². The van der Waals surface area contributed by atoms with Gasteiger partial charge in [0, 0.05) is 7.05 Å². The maximum Gasteiger partial charge on any atom is 0.269 e. The summed E-state index contributed by atoms with van der Waals surface area (Å²) in [5.74, 6) is 0.570. The monoisotopic (exact) mass is 392 g/mol. The van der Waals surface area contributed by atoms with Gasteiger partial charge in [-0.1, -0.05) is 43.7 Å². The number of carbonyl (C=O) groups excluding carboxylic acids is 2. The molecule has 0 aliphatic carbocycles. The number of anilines is 1. The highest BCUT2D eigenvalue weighted by molar-refractivity contribution is 6.03. The SMILES string of the molecule is CCCc1nn(C)c(C(N)=O)c1NC(=O)Cc1ccc(Oc2ccccc2)cc1. The normalized spacial score (nSPS) is 10.6. The summed E-state index contributed by atoms with van der Waals surface area (Å²) in [6.45, 7) is 2.00. The Hall–Kier alpha value is -3.61. The Morgan fingerprint density at radius 3 is 2.34 bits per heavy atom. The number of nitrogens with zero attached hydrogens (tertiary/aromatic N) is 2. The van der Waals surface area contributed by atoms with E-state index >= 15 is 0 Å². The highest BCUT2D eigenvalue weighted by Gasteiger charge is 2.21. The van der Waals surface area contributed by atoms with E-state index in [0.29, 0.717) is 23.6 Å². The molecule has 1 heterocycles. The molecule has 1 aromatic heterocycles. The summed E-state index contributed by atoms with van der Waals surface area (Å²) in [7, 11) is 1.64. The molecule has 0 spiro atoms. The molecule has 0 atom stereocenters. The number of aromatic nitrogens is 2. The van der Waals surface area contributed by atoms with E-state index in [2.05, 4.69) is 10.4 Å². The van der Waals surface area contributed by atoms with Gasteiger partial charge in [0.25, 0.3) is 5.91 Å². The molecule has 3 aromatic rings. The zero-order valence-corrected chi connectivity index (χ0v) is 16.5. The van der Waals surface area contributed by atoms with E-state index in [1.54, 1.807) is 7.05 Å². The van der Waals surface area contributed by atoms with Crippen molar-refractivity contribution in [1.82, 2.24) is 9.78 Å². The molecule has 7 nitrogen and oxygen atoms in total. The second-order valence-electron chi connectivity index (χ2n) is 6.69. The lowest BCUT2D eigenvalue weighted by molar-refractivity contribution is -0.115. The highest BCUT2D eigenvalue weighted by atomic mass is 16.5. The van der Waals surface area contributed by atoms with Crippen LogP contribution in [0, 0.1) is 0 Å². The molecule has 29 heavy (non-hydrogen) atoms. The van der Waals surface area contributed by atoms with E-state index in [0.717, 1.165) is 17.7 Å². The van der Waals surface area contributed by atoms with E-state index in [-0.39, 0.29) is 18.0 Å². The maximum atomic E-state index is 12.6. The summed E-state index contributed by atoms with van der Waals surface area (Å²) >= 11 is 0. The Morgan fingerprint density at radius 2 is 1.72 bits per heavy atom. The number of aryl methyl sites for hydroxylation is 2. The van der Waals surface area contributed by atoms with Gasteiger partial charge in [-0.15, -0.1) is 0 Å². The minimum absolute atomic E-state index is 0.157. The highest BCUT2D eigenvalue weighted by Crippen LogP contribution is 2.23. The Morgan fingerprint density at radius 1 is 1.07 bits per heavy atom. The van der Waals surface area contributed by atoms with E-state index in [9.17, 15) is 9.59 Å². The predicted molar refractivity (Wildman–Crippen MR) is 111 cm³/mol. The largest absolute Gasteiger partial charge is 0.457 e. The van der Waals surface area contributed by atoms with Crippen LogP contribution in [0.25, 0.3) is 0 Å². The topological polar surface area (TPSA) is 99.2 Å². The number of hydrogen-bond donors (Lipinski definition) is 2. The molecule has 0 radical (unpaired) electrons. The lowest BCUT2D eigenvalue weighted by atomic mass is 10.1. The van der Waals surface area contributed by atoms with Gasteiger partial charge < -0.3 is 15.8 Å². The third-order valence-corrected chi connectivity index (χ3v) is 4.37. The number of benzene rings is 2. The molecule has 0 aliphatic rings. The summed E-state index contributed by atoms with van der Waals surface area (Å²) in [5.41, 5.74) is 7.55. The molecule has 0 unspecified atom stereocenters. The fraction of sp³-hybridized carbons (Fsp3) is 0.227. The molecule has 150 valence electrons. The van der Waals surface area contributed by atoms with Gasteiger partial charge in [-0.3, -0.25) is 14.3 Å². The van der Waals surface area contributed by atoms with Crippen molar-refractivity contribution in [3.63, 3.8) is 0 Å².